The van der Waals surface area contributed by atoms with Crippen LogP contribution in [0, 0.1) is 22.7 Å². The molecule has 0 bridgehead atoms. The van der Waals surface area contributed by atoms with E-state index in [-0.39, 0.29) is 5.57 Å². The summed E-state index contributed by atoms with van der Waals surface area (Å²) in [6.07, 6.45) is 3.21. The van der Waals surface area contributed by atoms with Crippen LogP contribution >= 0.6 is 0 Å². The third kappa shape index (κ3) is 4.43. The summed E-state index contributed by atoms with van der Waals surface area (Å²) >= 11 is 0. The van der Waals surface area contributed by atoms with Gasteiger partial charge in [0.25, 0.3) is 0 Å². The zero-order valence-corrected chi connectivity index (χ0v) is 14.9. The lowest BCUT2D eigenvalue weighted by Gasteiger charge is -2.35. The lowest BCUT2D eigenvalue weighted by atomic mass is 10.0. The predicted molar refractivity (Wildman–Crippen MR) is 94.3 cm³/mol. The van der Waals surface area contributed by atoms with Crippen molar-refractivity contribution in [1.29, 1.82) is 10.5 Å². The Morgan fingerprint density at radius 2 is 1.76 bits per heavy atom. The second-order valence-corrected chi connectivity index (χ2v) is 6.89. The van der Waals surface area contributed by atoms with Crippen LogP contribution in [0.25, 0.3) is 0 Å². The number of ether oxygens (including phenoxy) is 1. The van der Waals surface area contributed by atoms with Crippen molar-refractivity contribution in [3.8, 4) is 12.1 Å². The molecule has 0 saturated carbocycles. The van der Waals surface area contributed by atoms with Gasteiger partial charge >= 0.3 is 0 Å². The van der Waals surface area contributed by atoms with Crippen molar-refractivity contribution in [3.63, 3.8) is 0 Å². The van der Waals surface area contributed by atoms with E-state index < -0.39 is 0 Å². The van der Waals surface area contributed by atoms with Crippen LogP contribution in [-0.4, -0.2) is 86.3 Å². The Labute approximate surface area is 150 Å². The molecule has 0 radical (unpaired) electrons. The highest BCUT2D eigenvalue weighted by molar-refractivity contribution is 5.40. The number of hydrogen-bond acceptors (Lipinski definition) is 7. The van der Waals surface area contributed by atoms with Gasteiger partial charge in [0, 0.05) is 45.3 Å². The standard InChI is InChI=1S/C18H28N6O/c19-14-16(15-20)18-23(7-1-6-22-10-12-25-13-11-22)8-9-24(18)17-2-4-21-5-3-17/h17,21H,1-13H2. The molecular formula is C18H28N6O. The molecule has 3 fully saturated rings. The van der Waals surface area contributed by atoms with Crippen molar-refractivity contribution in [2.75, 3.05) is 65.6 Å². The fourth-order valence-electron chi connectivity index (χ4n) is 4.05. The zero-order chi connectivity index (χ0) is 17.5. The van der Waals surface area contributed by atoms with Crippen molar-refractivity contribution in [2.24, 2.45) is 0 Å². The number of morpholine rings is 1. The summed E-state index contributed by atoms with van der Waals surface area (Å²) in [6.45, 7) is 9.48. The number of allylic oxidation sites excluding steroid dienone is 1. The summed E-state index contributed by atoms with van der Waals surface area (Å²) in [5.74, 6) is 0.874. The molecule has 3 rings (SSSR count). The smallest absolute Gasteiger partial charge is 0.169 e. The number of nitrogens with zero attached hydrogens (tertiary/aromatic N) is 5. The Morgan fingerprint density at radius 1 is 1.04 bits per heavy atom. The van der Waals surface area contributed by atoms with E-state index in [4.69, 9.17) is 4.74 Å². The summed E-state index contributed by atoms with van der Waals surface area (Å²) < 4.78 is 5.39. The molecule has 0 atom stereocenters. The van der Waals surface area contributed by atoms with Gasteiger partial charge in [-0.2, -0.15) is 10.5 Å². The van der Waals surface area contributed by atoms with Gasteiger partial charge in [-0.3, -0.25) is 4.90 Å². The minimum Gasteiger partial charge on any atom is -0.379 e. The Kier molecular flexibility index (Phi) is 6.52. The van der Waals surface area contributed by atoms with Crippen LogP contribution < -0.4 is 5.32 Å². The van der Waals surface area contributed by atoms with Gasteiger partial charge in [0.1, 0.15) is 18.0 Å². The van der Waals surface area contributed by atoms with E-state index in [0.717, 1.165) is 90.7 Å². The Balaban J connectivity index is 1.62. The first kappa shape index (κ1) is 18.0. The number of rotatable bonds is 5. The molecule has 0 aromatic carbocycles. The van der Waals surface area contributed by atoms with E-state index in [1.54, 1.807) is 0 Å². The molecule has 3 aliphatic heterocycles. The highest BCUT2D eigenvalue weighted by Gasteiger charge is 2.33. The fourth-order valence-corrected chi connectivity index (χ4v) is 4.05. The normalized spacial score (nSPS) is 22.7. The summed E-state index contributed by atoms with van der Waals surface area (Å²) in [7, 11) is 0. The van der Waals surface area contributed by atoms with E-state index in [9.17, 15) is 10.5 Å². The maximum Gasteiger partial charge on any atom is 0.169 e. The van der Waals surface area contributed by atoms with Crippen molar-refractivity contribution >= 4 is 0 Å². The molecule has 0 amide bonds. The van der Waals surface area contributed by atoms with Gasteiger partial charge < -0.3 is 19.9 Å². The monoisotopic (exact) mass is 344 g/mol. The summed E-state index contributed by atoms with van der Waals surface area (Å²) in [5, 5.41) is 22.3. The van der Waals surface area contributed by atoms with E-state index in [0.29, 0.717) is 6.04 Å². The quantitative estimate of drug-likeness (QED) is 0.720. The average Bonchev–Trinajstić information content (AvgIpc) is 3.08. The molecule has 3 saturated heterocycles. The molecule has 0 spiro atoms. The molecule has 0 aliphatic carbocycles. The SMILES string of the molecule is N#CC(C#N)=C1N(CCCN2CCOCC2)CCN1C1CCNCC1. The molecule has 136 valence electrons. The minimum atomic E-state index is 0.266. The Morgan fingerprint density at radius 3 is 2.44 bits per heavy atom. The van der Waals surface area contributed by atoms with Gasteiger partial charge in [-0.15, -0.1) is 0 Å². The van der Waals surface area contributed by atoms with E-state index in [2.05, 4.69) is 32.2 Å². The third-order valence-electron chi connectivity index (χ3n) is 5.39. The predicted octanol–water partition coefficient (Wildman–Crippen LogP) is 0.337. The molecule has 25 heavy (non-hydrogen) atoms. The van der Waals surface area contributed by atoms with Gasteiger partial charge in [-0.1, -0.05) is 0 Å². The second-order valence-electron chi connectivity index (χ2n) is 6.89. The molecule has 0 unspecified atom stereocenters. The van der Waals surface area contributed by atoms with Crippen molar-refractivity contribution in [2.45, 2.75) is 25.3 Å². The van der Waals surface area contributed by atoms with Crippen LogP contribution in [0.5, 0.6) is 0 Å². The summed E-state index contributed by atoms with van der Waals surface area (Å²) in [4.78, 5) is 7.00. The van der Waals surface area contributed by atoms with Crippen LogP contribution in [0.2, 0.25) is 0 Å². The van der Waals surface area contributed by atoms with Gasteiger partial charge in [0.15, 0.2) is 5.57 Å². The molecule has 3 aliphatic rings. The lowest BCUT2D eigenvalue weighted by molar-refractivity contribution is 0.0365. The molecule has 7 heteroatoms. The Bertz CT molecular complexity index is 535. The first-order valence-corrected chi connectivity index (χ1v) is 9.40. The van der Waals surface area contributed by atoms with Crippen LogP contribution in [0.15, 0.2) is 11.4 Å². The summed E-state index contributed by atoms with van der Waals surface area (Å²) in [5.41, 5.74) is 0.266. The van der Waals surface area contributed by atoms with Gasteiger partial charge in [-0.25, -0.2) is 0 Å². The molecular weight excluding hydrogens is 316 g/mol. The van der Waals surface area contributed by atoms with E-state index in [1.807, 2.05) is 0 Å². The van der Waals surface area contributed by atoms with E-state index in [1.165, 1.54) is 0 Å². The lowest BCUT2D eigenvalue weighted by Crippen LogP contribution is -2.42. The zero-order valence-electron chi connectivity index (χ0n) is 14.9. The number of hydrogen-bond donors (Lipinski definition) is 1. The molecule has 3 heterocycles. The van der Waals surface area contributed by atoms with Gasteiger partial charge in [0.05, 0.1) is 13.2 Å². The second kappa shape index (κ2) is 9.05. The van der Waals surface area contributed by atoms with Gasteiger partial charge in [0.2, 0.25) is 0 Å². The first-order chi connectivity index (χ1) is 12.3. The topological polar surface area (TPSA) is 78.6 Å². The van der Waals surface area contributed by atoms with Gasteiger partial charge in [-0.05, 0) is 32.4 Å². The summed E-state index contributed by atoms with van der Waals surface area (Å²) in [6, 6.07) is 4.69. The van der Waals surface area contributed by atoms with E-state index >= 15 is 0 Å². The van der Waals surface area contributed by atoms with Crippen LogP contribution in [0.1, 0.15) is 19.3 Å². The van der Waals surface area contributed by atoms with Crippen LogP contribution in [0.4, 0.5) is 0 Å². The highest BCUT2D eigenvalue weighted by Crippen LogP contribution is 2.28. The largest absolute Gasteiger partial charge is 0.379 e. The maximum atomic E-state index is 9.43. The third-order valence-corrected chi connectivity index (χ3v) is 5.39. The maximum absolute atomic E-state index is 9.43. The molecule has 1 N–H and O–H groups in total. The van der Waals surface area contributed by atoms with Crippen molar-refractivity contribution < 1.29 is 4.74 Å². The van der Waals surface area contributed by atoms with Crippen LogP contribution in [0.3, 0.4) is 0 Å². The molecule has 7 nitrogen and oxygen atoms in total. The number of nitrogens with one attached hydrogen (secondary N) is 1. The van der Waals surface area contributed by atoms with Crippen molar-refractivity contribution in [3.05, 3.63) is 11.4 Å². The fraction of sp³-hybridized carbons (Fsp3) is 0.778. The number of nitriles is 2. The van der Waals surface area contributed by atoms with Crippen LogP contribution in [-0.2, 0) is 4.74 Å². The highest BCUT2D eigenvalue weighted by atomic mass is 16.5. The Hall–Kier alpha value is -1.80. The minimum absolute atomic E-state index is 0.266. The molecule has 0 aromatic heterocycles. The van der Waals surface area contributed by atoms with Crippen molar-refractivity contribution in [1.82, 2.24) is 20.0 Å². The molecule has 0 aromatic rings. The first-order valence-electron chi connectivity index (χ1n) is 9.40. The number of piperidine rings is 1. The average molecular weight is 344 g/mol.